The van der Waals surface area contributed by atoms with Crippen LogP contribution in [0.5, 0.6) is 0 Å². The molecule has 0 radical (unpaired) electrons. The highest BCUT2D eigenvalue weighted by atomic mass is 32.2. The molecule has 8 nitrogen and oxygen atoms in total. The van der Waals surface area contributed by atoms with Crippen molar-refractivity contribution in [3.05, 3.63) is 72.6 Å². The Hall–Kier alpha value is -4.29. The van der Waals surface area contributed by atoms with E-state index in [0.29, 0.717) is 0 Å². The van der Waals surface area contributed by atoms with Crippen molar-refractivity contribution in [2.45, 2.75) is 19.3 Å². The van der Waals surface area contributed by atoms with Crippen molar-refractivity contribution in [3.8, 4) is 28.5 Å². The van der Waals surface area contributed by atoms with E-state index in [1.807, 2.05) is 74.2 Å². The minimum Gasteiger partial charge on any atom is -0.268 e. The molecule has 9 heteroatoms. The van der Waals surface area contributed by atoms with Gasteiger partial charge in [0.2, 0.25) is 10.0 Å². The maximum Gasteiger partial charge on any atom is 0.230 e. The van der Waals surface area contributed by atoms with Crippen molar-refractivity contribution < 1.29 is 8.42 Å². The first-order valence-electron chi connectivity index (χ1n) is 11.3. The average Bonchev–Trinajstić information content (AvgIpc) is 3.20. The molecule has 3 aromatic heterocycles. The maximum atomic E-state index is 11.5. The van der Waals surface area contributed by atoms with Crippen LogP contribution in [0.4, 0.5) is 5.82 Å². The topological polar surface area (TPSA) is 114 Å². The third-order valence-corrected chi connectivity index (χ3v) is 6.81. The monoisotopic (exact) mass is 496 g/mol. The van der Waals surface area contributed by atoms with Crippen molar-refractivity contribution in [1.82, 2.24) is 19.7 Å². The Labute approximate surface area is 209 Å². The van der Waals surface area contributed by atoms with Crippen LogP contribution < -0.4 is 4.72 Å². The molecule has 0 fully saturated rings. The van der Waals surface area contributed by atoms with Crippen LogP contribution in [0, 0.1) is 11.3 Å². The van der Waals surface area contributed by atoms with Gasteiger partial charge in [-0.05, 0) is 49.2 Å². The van der Waals surface area contributed by atoms with Gasteiger partial charge in [0.25, 0.3) is 0 Å². The Kier molecular flexibility index (Phi) is 5.49. The smallest absolute Gasteiger partial charge is 0.230 e. The zero-order valence-electron chi connectivity index (χ0n) is 20.3. The Bertz CT molecular complexity index is 1760. The van der Waals surface area contributed by atoms with Crippen LogP contribution in [-0.4, -0.2) is 34.4 Å². The Morgan fingerprint density at radius 3 is 2.28 bits per heavy atom. The zero-order valence-corrected chi connectivity index (χ0v) is 21.1. The number of sulfonamides is 1. The summed E-state index contributed by atoms with van der Waals surface area (Å²) < 4.78 is 27.2. The molecule has 0 atom stereocenters. The lowest BCUT2D eigenvalue weighted by Gasteiger charge is -2.15. The number of fused-ring (bicyclic) bond motifs is 3. The van der Waals surface area contributed by atoms with Gasteiger partial charge in [0.05, 0.1) is 35.0 Å². The Morgan fingerprint density at radius 2 is 1.64 bits per heavy atom. The van der Waals surface area contributed by atoms with E-state index in [1.54, 1.807) is 12.3 Å². The number of aromatic nitrogens is 4. The lowest BCUT2D eigenvalue weighted by Crippen LogP contribution is -2.13. The highest BCUT2D eigenvalue weighted by Crippen LogP contribution is 2.35. The van der Waals surface area contributed by atoms with Gasteiger partial charge in [0.1, 0.15) is 11.5 Å². The molecule has 0 amide bonds. The third kappa shape index (κ3) is 4.27. The van der Waals surface area contributed by atoms with Gasteiger partial charge in [-0.1, -0.05) is 30.3 Å². The highest BCUT2D eigenvalue weighted by molar-refractivity contribution is 7.92. The molecule has 180 valence electrons. The summed E-state index contributed by atoms with van der Waals surface area (Å²) in [6.45, 7) is 3.80. The van der Waals surface area contributed by atoms with Crippen molar-refractivity contribution >= 4 is 37.6 Å². The number of nitrogens with one attached hydrogen (secondary N) is 1. The second-order valence-corrected chi connectivity index (χ2v) is 11.1. The summed E-state index contributed by atoms with van der Waals surface area (Å²) in [6.07, 6.45) is 4.56. The van der Waals surface area contributed by atoms with Crippen LogP contribution in [0.3, 0.4) is 0 Å². The van der Waals surface area contributed by atoms with Gasteiger partial charge < -0.3 is 0 Å². The first kappa shape index (κ1) is 23.5. The van der Waals surface area contributed by atoms with Gasteiger partial charge in [0, 0.05) is 35.1 Å². The van der Waals surface area contributed by atoms with E-state index in [4.69, 9.17) is 5.10 Å². The molecule has 5 rings (SSSR count). The first-order valence-corrected chi connectivity index (χ1v) is 13.2. The van der Waals surface area contributed by atoms with Crippen LogP contribution in [0.25, 0.3) is 44.2 Å². The molecule has 36 heavy (non-hydrogen) atoms. The molecule has 0 aliphatic rings. The number of hydrogen-bond acceptors (Lipinski definition) is 6. The van der Waals surface area contributed by atoms with E-state index in [9.17, 15) is 13.7 Å². The third-order valence-electron chi connectivity index (χ3n) is 6.23. The Balaban J connectivity index is 1.64. The van der Waals surface area contributed by atoms with Gasteiger partial charge in [-0.3, -0.25) is 14.4 Å². The number of pyridine rings is 2. The SMILES string of the molecule is Cn1nc(-c2ccc(C(C)(C)C#N)cc2)c2c3cc(-c4ccc(NS(C)(=O)=O)nc4)ccc3ncc21. The first-order chi connectivity index (χ1) is 17.1. The molecular formula is C27H24N6O2S. The molecule has 0 saturated heterocycles. The van der Waals surface area contributed by atoms with Crippen LogP contribution in [0.1, 0.15) is 19.4 Å². The Morgan fingerprint density at radius 1 is 0.944 bits per heavy atom. The van der Waals surface area contributed by atoms with E-state index >= 15 is 0 Å². The molecule has 3 heterocycles. The van der Waals surface area contributed by atoms with Crippen molar-refractivity contribution in [3.63, 3.8) is 0 Å². The number of aryl methyl sites for hydroxylation is 1. The molecule has 0 unspecified atom stereocenters. The zero-order chi connectivity index (χ0) is 25.7. The quantitative estimate of drug-likeness (QED) is 0.365. The summed E-state index contributed by atoms with van der Waals surface area (Å²) in [4.78, 5) is 8.88. The van der Waals surface area contributed by atoms with Crippen LogP contribution in [-0.2, 0) is 22.5 Å². The number of anilines is 1. The van der Waals surface area contributed by atoms with Gasteiger partial charge >= 0.3 is 0 Å². The van der Waals surface area contributed by atoms with Crippen molar-refractivity contribution in [1.29, 1.82) is 5.26 Å². The molecule has 0 spiro atoms. The fourth-order valence-electron chi connectivity index (χ4n) is 4.24. The normalized spacial score (nSPS) is 12.1. The van der Waals surface area contributed by atoms with Crippen LogP contribution in [0.15, 0.2) is 67.0 Å². The number of benzene rings is 2. The summed E-state index contributed by atoms with van der Waals surface area (Å²) in [5.74, 6) is 0.267. The minimum atomic E-state index is -3.40. The predicted octanol–water partition coefficient (Wildman–Crippen LogP) is 5.02. The summed E-state index contributed by atoms with van der Waals surface area (Å²) in [5, 5.41) is 16.2. The summed E-state index contributed by atoms with van der Waals surface area (Å²) in [7, 11) is -1.50. The minimum absolute atomic E-state index is 0.267. The average molecular weight is 497 g/mol. The molecule has 2 aromatic carbocycles. The van der Waals surface area contributed by atoms with Gasteiger partial charge in [-0.25, -0.2) is 13.4 Å². The van der Waals surface area contributed by atoms with E-state index in [-0.39, 0.29) is 5.82 Å². The number of hydrogen-bond donors (Lipinski definition) is 1. The molecule has 0 saturated carbocycles. The number of nitrogens with zero attached hydrogens (tertiary/aromatic N) is 5. The van der Waals surface area contributed by atoms with Gasteiger partial charge in [-0.15, -0.1) is 0 Å². The van der Waals surface area contributed by atoms with Gasteiger partial charge in [0.15, 0.2) is 0 Å². The second kappa shape index (κ2) is 8.43. The van der Waals surface area contributed by atoms with E-state index in [2.05, 4.69) is 26.8 Å². The fraction of sp³-hybridized carbons (Fsp3) is 0.185. The summed E-state index contributed by atoms with van der Waals surface area (Å²) >= 11 is 0. The van der Waals surface area contributed by atoms with E-state index in [0.717, 1.165) is 56.0 Å². The molecule has 5 aromatic rings. The van der Waals surface area contributed by atoms with Crippen molar-refractivity contribution in [2.24, 2.45) is 7.05 Å². The van der Waals surface area contributed by atoms with Gasteiger partial charge in [-0.2, -0.15) is 10.4 Å². The highest BCUT2D eigenvalue weighted by Gasteiger charge is 2.21. The maximum absolute atomic E-state index is 11.5. The van der Waals surface area contributed by atoms with Crippen LogP contribution in [0.2, 0.25) is 0 Å². The second-order valence-electron chi connectivity index (χ2n) is 9.34. The number of rotatable bonds is 5. The molecular weight excluding hydrogens is 472 g/mol. The molecule has 0 bridgehead atoms. The van der Waals surface area contributed by atoms with E-state index in [1.165, 1.54) is 0 Å². The predicted molar refractivity (Wildman–Crippen MR) is 142 cm³/mol. The standard InChI is InChI=1S/C27H24N6O2S/c1-27(2,16-28)20-9-5-17(6-10-20)26-25-21-13-18(7-11-22(21)29-15-23(25)33(3)31-26)19-8-12-24(30-14-19)32-36(4,34)35/h5-15H,1-4H3,(H,30,32). The molecule has 0 aliphatic heterocycles. The lowest BCUT2D eigenvalue weighted by atomic mass is 9.86. The molecule has 0 aliphatic carbocycles. The van der Waals surface area contributed by atoms with E-state index < -0.39 is 15.4 Å². The fourth-order valence-corrected chi connectivity index (χ4v) is 4.74. The number of nitriles is 1. The molecule has 1 N–H and O–H groups in total. The largest absolute Gasteiger partial charge is 0.268 e. The van der Waals surface area contributed by atoms with Crippen molar-refractivity contribution in [2.75, 3.05) is 11.0 Å². The van der Waals surface area contributed by atoms with Crippen LogP contribution >= 0.6 is 0 Å². The lowest BCUT2D eigenvalue weighted by molar-refractivity contribution is 0.606. The summed E-state index contributed by atoms with van der Waals surface area (Å²) in [5.41, 5.74) is 5.68. The summed E-state index contributed by atoms with van der Waals surface area (Å²) in [6, 6.07) is 19.8.